The molecule has 1 aliphatic rings. The molecule has 0 saturated carbocycles. The van der Waals surface area contributed by atoms with E-state index >= 15 is 0 Å². The van der Waals surface area contributed by atoms with E-state index in [2.05, 4.69) is 40.5 Å². The van der Waals surface area contributed by atoms with Crippen LogP contribution in [-0.4, -0.2) is 51.5 Å². The van der Waals surface area contributed by atoms with Gasteiger partial charge < -0.3 is 21.1 Å². The molecule has 9 nitrogen and oxygen atoms in total. The molecule has 0 atom stereocenters. The molecule has 3 aromatic heterocycles. The summed E-state index contributed by atoms with van der Waals surface area (Å²) in [4.78, 5) is 13.8. The summed E-state index contributed by atoms with van der Waals surface area (Å²) in [6, 6.07) is 2.14. The molecule has 0 aromatic carbocycles. The highest BCUT2D eigenvalue weighted by Gasteiger charge is 2.21. The van der Waals surface area contributed by atoms with Gasteiger partial charge in [-0.05, 0) is 56.3 Å². The highest BCUT2D eigenvalue weighted by atomic mass is 16.5. The Morgan fingerprint density at radius 1 is 1.22 bits per heavy atom. The number of pyridine rings is 1. The molecule has 0 amide bonds. The van der Waals surface area contributed by atoms with E-state index in [1.165, 1.54) is 5.56 Å². The van der Waals surface area contributed by atoms with Crippen LogP contribution in [0.5, 0.6) is 5.75 Å². The molecule has 4 heterocycles. The zero-order valence-electron chi connectivity index (χ0n) is 19.3. The Morgan fingerprint density at radius 3 is 2.75 bits per heavy atom. The number of nitrogens with two attached hydrogens (primary N) is 1. The summed E-state index contributed by atoms with van der Waals surface area (Å²) in [6.45, 7) is 7.62. The van der Waals surface area contributed by atoms with Crippen molar-refractivity contribution in [2.45, 2.75) is 58.4 Å². The van der Waals surface area contributed by atoms with Crippen molar-refractivity contribution in [2.75, 3.05) is 37.8 Å². The number of hydrogen-bond acceptors (Lipinski definition) is 8. The lowest BCUT2D eigenvalue weighted by Crippen LogP contribution is -2.26. The van der Waals surface area contributed by atoms with Gasteiger partial charge in [-0.15, -0.1) is 0 Å². The summed E-state index contributed by atoms with van der Waals surface area (Å²) in [7, 11) is 1.70. The van der Waals surface area contributed by atoms with E-state index in [0.717, 1.165) is 85.7 Å². The molecule has 9 heteroatoms. The van der Waals surface area contributed by atoms with Crippen LogP contribution in [0, 0.1) is 0 Å². The second-order valence-corrected chi connectivity index (χ2v) is 8.31. The van der Waals surface area contributed by atoms with Gasteiger partial charge in [-0.2, -0.15) is 10.1 Å². The molecule has 0 bridgehead atoms. The SMILES string of the molecule is CCCCNc1nc(N)nc2c(CC)nn(Cc3ncc(C4CCNCC4)cc3OC)c12. The Bertz CT molecular complexity index is 1060. The summed E-state index contributed by atoms with van der Waals surface area (Å²) in [6.07, 6.45) is 7.15. The summed E-state index contributed by atoms with van der Waals surface area (Å²) in [5.41, 5.74) is 10.6. The maximum atomic E-state index is 6.01. The fourth-order valence-electron chi connectivity index (χ4n) is 4.32. The molecule has 4 rings (SSSR count). The average molecular weight is 439 g/mol. The van der Waals surface area contributed by atoms with Gasteiger partial charge in [-0.25, -0.2) is 4.98 Å². The van der Waals surface area contributed by atoms with E-state index in [1.807, 2.05) is 10.9 Å². The van der Waals surface area contributed by atoms with Crippen LogP contribution >= 0.6 is 0 Å². The second-order valence-electron chi connectivity index (χ2n) is 8.31. The summed E-state index contributed by atoms with van der Waals surface area (Å²) < 4.78 is 7.66. The number of nitrogens with one attached hydrogen (secondary N) is 2. The van der Waals surface area contributed by atoms with Crippen LogP contribution in [0.15, 0.2) is 12.3 Å². The van der Waals surface area contributed by atoms with Crippen LogP contribution in [0.25, 0.3) is 11.0 Å². The molecule has 0 aliphatic carbocycles. The fraction of sp³-hybridized carbons (Fsp3) is 0.565. The maximum absolute atomic E-state index is 6.01. The third-order valence-corrected chi connectivity index (χ3v) is 6.11. The van der Waals surface area contributed by atoms with Crippen LogP contribution in [0.1, 0.15) is 62.4 Å². The van der Waals surface area contributed by atoms with Gasteiger partial charge in [0, 0.05) is 12.7 Å². The number of aromatic nitrogens is 5. The number of nitrogen functional groups attached to an aromatic ring is 1. The number of rotatable bonds is 9. The minimum Gasteiger partial charge on any atom is -0.495 e. The van der Waals surface area contributed by atoms with Crippen molar-refractivity contribution in [2.24, 2.45) is 0 Å². The molecule has 32 heavy (non-hydrogen) atoms. The molecule has 1 aliphatic heterocycles. The molecule has 4 N–H and O–H groups in total. The topological polar surface area (TPSA) is 116 Å². The van der Waals surface area contributed by atoms with Crippen molar-refractivity contribution in [3.8, 4) is 5.75 Å². The van der Waals surface area contributed by atoms with Crippen molar-refractivity contribution in [3.05, 3.63) is 29.2 Å². The normalized spacial score (nSPS) is 14.7. The highest BCUT2D eigenvalue weighted by Crippen LogP contribution is 2.30. The number of methoxy groups -OCH3 is 1. The summed E-state index contributed by atoms with van der Waals surface area (Å²) in [5.74, 6) is 2.29. The quantitative estimate of drug-likeness (QED) is 0.437. The predicted octanol–water partition coefficient (Wildman–Crippen LogP) is 3.10. The number of ether oxygens (including phenoxy) is 1. The van der Waals surface area contributed by atoms with E-state index in [1.54, 1.807) is 7.11 Å². The zero-order chi connectivity index (χ0) is 22.5. The number of piperidine rings is 1. The van der Waals surface area contributed by atoms with Gasteiger partial charge in [0.1, 0.15) is 22.5 Å². The summed E-state index contributed by atoms with van der Waals surface area (Å²) >= 11 is 0. The maximum Gasteiger partial charge on any atom is 0.222 e. The van der Waals surface area contributed by atoms with Crippen molar-refractivity contribution >= 4 is 22.8 Å². The molecule has 3 aromatic rings. The standard InChI is InChI=1S/C23H34N8O/c1-4-6-9-26-22-21-20(28-23(24)29-22)17(5-2)30-31(21)14-18-19(32-3)12-16(13-27-18)15-7-10-25-11-8-15/h12-13,15,25H,4-11,14H2,1-3H3,(H3,24,26,28,29). The first kappa shape index (κ1) is 22.3. The first-order valence-corrected chi connectivity index (χ1v) is 11.6. The van der Waals surface area contributed by atoms with E-state index in [-0.39, 0.29) is 5.95 Å². The number of nitrogens with zero attached hydrogens (tertiary/aromatic N) is 5. The number of aryl methyl sites for hydroxylation is 1. The Hall–Kier alpha value is -2.94. The van der Waals surface area contributed by atoms with Gasteiger partial charge in [0.05, 0.1) is 19.3 Å². The van der Waals surface area contributed by atoms with Crippen LogP contribution in [0.2, 0.25) is 0 Å². The van der Waals surface area contributed by atoms with E-state index in [4.69, 9.17) is 20.6 Å². The molecule has 1 fully saturated rings. The molecular weight excluding hydrogens is 404 g/mol. The van der Waals surface area contributed by atoms with Gasteiger partial charge in [-0.3, -0.25) is 9.67 Å². The van der Waals surface area contributed by atoms with Gasteiger partial charge in [-0.1, -0.05) is 20.3 Å². The molecule has 1 saturated heterocycles. The van der Waals surface area contributed by atoms with Crippen molar-refractivity contribution in [1.82, 2.24) is 30.0 Å². The molecule has 0 radical (unpaired) electrons. The van der Waals surface area contributed by atoms with E-state index in [0.29, 0.717) is 12.5 Å². The Labute approximate surface area is 189 Å². The zero-order valence-corrected chi connectivity index (χ0v) is 19.3. The average Bonchev–Trinajstić information content (AvgIpc) is 3.17. The molecule has 172 valence electrons. The lowest BCUT2D eigenvalue weighted by molar-refractivity contribution is 0.400. The monoisotopic (exact) mass is 438 g/mol. The smallest absolute Gasteiger partial charge is 0.222 e. The van der Waals surface area contributed by atoms with Gasteiger partial charge >= 0.3 is 0 Å². The highest BCUT2D eigenvalue weighted by molar-refractivity contribution is 5.88. The largest absolute Gasteiger partial charge is 0.495 e. The lowest BCUT2D eigenvalue weighted by atomic mass is 9.91. The Balaban J connectivity index is 1.70. The van der Waals surface area contributed by atoms with Crippen molar-refractivity contribution < 1.29 is 4.74 Å². The van der Waals surface area contributed by atoms with Gasteiger partial charge in [0.15, 0.2) is 5.82 Å². The third kappa shape index (κ3) is 4.62. The predicted molar refractivity (Wildman–Crippen MR) is 127 cm³/mol. The summed E-state index contributed by atoms with van der Waals surface area (Å²) in [5, 5.41) is 11.7. The van der Waals surface area contributed by atoms with Crippen LogP contribution in [0.3, 0.4) is 0 Å². The number of fused-ring (bicyclic) bond motifs is 1. The van der Waals surface area contributed by atoms with Crippen molar-refractivity contribution in [1.29, 1.82) is 0 Å². The molecular formula is C23H34N8O. The van der Waals surface area contributed by atoms with Crippen LogP contribution < -0.4 is 21.1 Å². The van der Waals surface area contributed by atoms with E-state index in [9.17, 15) is 0 Å². The van der Waals surface area contributed by atoms with Crippen LogP contribution in [0.4, 0.5) is 11.8 Å². The van der Waals surface area contributed by atoms with E-state index < -0.39 is 0 Å². The minimum atomic E-state index is 0.257. The Morgan fingerprint density at radius 2 is 2.03 bits per heavy atom. The van der Waals surface area contributed by atoms with Gasteiger partial charge in [0.25, 0.3) is 0 Å². The number of anilines is 2. The number of unbranched alkanes of at least 4 members (excludes halogenated alkanes) is 1. The third-order valence-electron chi connectivity index (χ3n) is 6.11. The lowest BCUT2D eigenvalue weighted by Gasteiger charge is -2.23. The van der Waals surface area contributed by atoms with Crippen molar-refractivity contribution in [3.63, 3.8) is 0 Å². The number of hydrogen-bond donors (Lipinski definition) is 3. The fourth-order valence-corrected chi connectivity index (χ4v) is 4.32. The first-order valence-electron chi connectivity index (χ1n) is 11.6. The Kier molecular flexibility index (Phi) is 7.04. The molecule has 0 unspecified atom stereocenters. The van der Waals surface area contributed by atoms with Crippen LogP contribution in [-0.2, 0) is 13.0 Å². The minimum absolute atomic E-state index is 0.257. The molecule has 0 spiro atoms. The first-order chi connectivity index (χ1) is 15.6. The van der Waals surface area contributed by atoms with Gasteiger partial charge in [0.2, 0.25) is 5.95 Å². The second kappa shape index (κ2) is 10.1.